The van der Waals surface area contributed by atoms with Gasteiger partial charge < -0.3 is 0 Å². The molecule has 1 aliphatic rings. The predicted octanol–water partition coefficient (Wildman–Crippen LogP) is 5.66. The van der Waals surface area contributed by atoms with Crippen molar-refractivity contribution in [3.63, 3.8) is 0 Å². The number of fused-ring (bicyclic) bond motifs is 1. The zero-order valence-electron chi connectivity index (χ0n) is 16.4. The largest absolute Gasteiger partial charge is 0.269 e. The lowest BCUT2D eigenvalue weighted by atomic mass is 9.84. The molecule has 2 heterocycles. The van der Waals surface area contributed by atoms with Crippen molar-refractivity contribution in [1.82, 2.24) is 8.96 Å². The minimum absolute atomic E-state index is 0.282. The van der Waals surface area contributed by atoms with Crippen molar-refractivity contribution in [2.75, 3.05) is 0 Å². The van der Waals surface area contributed by atoms with E-state index < -0.39 is 10.0 Å². The van der Waals surface area contributed by atoms with E-state index >= 15 is 0 Å². The van der Waals surface area contributed by atoms with Crippen LogP contribution in [-0.4, -0.2) is 17.4 Å². The van der Waals surface area contributed by atoms with Gasteiger partial charge in [-0.1, -0.05) is 51.3 Å². The monoisotopic (exact) mass is 384 g/mol. The minimum Gasteiger partial charge on any atom is -0.237 e. The number of aromatic nitrogens is 2. The second-order valence-corrected chi connectivity index (χ2v) is 8.72. The summed E-state index contributed by atoms with van der Waals surface area (Å²) in [6.45, 7) is 5.95. The maximum Gasteiger partial charge on any atom is 0.269 e. The van der Waals surface area contributed by atoms with E-state index in [0.29, 0.717) is 11.6 Å². The fourth-order valence-electron chi connectivity index (χ4n) is 3.79. The summed E-state index contributed by atoms with van der Waals surface area (Å²) < 4.78 is 27.3. The Balaban J connectivity index is 0.00000102. The molecule has 0 spiro atoms. The first-order chi connectivity index (χ1) is 13.1. The van der Waals surface area contributed by atoms with Crippen LogP contribution in [0.4, 0.5) is 0 Å². The average molecular weight is 385 g/mol. The summed E-state index contributed by atoms with van der Waals surface area (Å²) in [6, 6.07) is 10.7. The highest BCUT2D eigenvalue weighted by Crippen LogP contribution is 2.34. The van der Waals surface area contributed by atoms with E-state index in [4.69, 9.17) is 0 Å². The summed E-state index contributed by atoms with van der Waals surface area (Å²) in [7, 11) is -3.63. The highest BCUT2D eigenvalue weighted by Gasteiger charge is 2.22. The SMILES string of the molecule is CC.Cc1cn(S(=O)(=O)c2ccccc2)c2ncc(C3CCCCC3)cc12. The summed E-state index contributed by atoms with van der Waals surface area (Å²) in [5.41, 5.74) is 2.70. The summed E-state index contributed by atoms with van der Waals surface area (Å²) in [5, 5.41) is 0.933. The molecule has 3 aromatic rings. The van der Waals surface area contributed by atoms with E-state index in [-0.39, 0.29) is 4.90 Å². The van der Waals surface area contributed by atoms with Crippen LogP contribution in [0.15, 0.2) is 53.7 Å². The van der Waals surface area contributed by atoms with Gasteiger partial charge in [-0.2, -0.15) is 0 Å². The third-order valence-corrected chi connectivity index (χ3v) is 6.87. The van der Waals surface area contributed by atoms with Crippen LogP contribution in [0.25, 0.3) is 11.0 Å². The minimum atomic E-state index is -3.63. The third-order valence-electron chi connectivity index (χ3n) is 5.21. The lowest BCUT2D eigenvalue weighted by molar-refractivity contribution is 0.443. The van der Waals surface area contributed by atoms with Gasteiger partial charge in [-0.25, -0.2) is 17.4 Å². The van der Waals surface area contributed by atoms with Gasteiger partial charge in [0, 0.05) is 17.8 Å². The number of hydrogen-bond acceptors (Lipinski definition) is 3. The molecule has 1 aromatic carbocycles. The van der Waals surface area contributed by atoms with E-state index in [1.54, 1.807) is 30.5 Å². The molecule has 0 N–H and O–H groups in total. The molecule has 27 heavy (non-hydrogen) atoms. The molecule has 0 unspecified atom stereocenters. The highest BCUT2D eigenvalue weighted by molar-refractivity contribution is 7.90. The second-order valence-electron chi connectivity index (χ2n) is 6.90. The molecule has 0 radical (unpaired) electrons. The van der Waals surface area contributed by atoms with Gasteiger partial charge in [0.1, 0.15) is 0 Å². The van der Waals surface area contributed by atoms with E-state index in [9.17, 15) is 8.42 Å². The maximum atomic E-state index is 13.0. The number of hydrogen-bond donors (Lipinski definition) is 0. The first-order valence-corrected chi connectivity index (χ1v) is 11.3. The number of benzene rings is 1. The van der Waals surface area contributed by atoms with Crippen molar-refractivity contribution in [2.24, 2.45) is 0 Å². The third kappa shape index (κ3) is 3.79. The predicted molar refractivity (Wildman–Crippen MR) is 111 cm³/mol. The Labute approximate surface area is 162 Å². The van der Waals surface area contributed by atoms with Gasteiger partial charge in [-0.15, -0.1) is 0 Å². The molecular formula is C22H28N2O2S. The molecule has 4 nitrogen and oxygen atoms in total. The number of pyridine rings is 1. The Kier molecular flexibility index (Phi) is 6.00. The Hall–Kier alpha value is -2.14. The van der Waals surface area contributed by atoms with E-state index in [0.717, 1.165) is 10.9 Å². The van der Waals surface area contributed by atoms with Gasteiger partial charge in [-0.05, 0) is 55.0 Å². The van der Waals surface area contributed by atoms with Crippen LogP contribution >= 0.6 is 0 Å². The van der Waals surface area contributed by atoms with Gasteiger partial charge in [0.15, 0.2) is 5.65 Å². The zero-order chi connectivity index (χ0) is 19.4. The fraction of sp³-hybridized carbons (Fsp3) is 0.409. The van der Waals surface area contributed by atoms with Crippen molar-refractivity contribution < 1.29 is 8.42 Å². The number of nitrogens with zero attached hydrogens (tertiary/aromatic N) is 2. The van der Waals surface area contributed by atoms with Crippen molar-refractivity contribution in [1.29, 1.82) is 0 Å². The average Bonchev–Trinajstić information content (AvgIpc) is 3.08. The molecule has 0 bridgehead atoms. The van der Waals surface area contributed by atoms with Gasteiger partial charge >= 0.3 is 0 Å². The van der Waals surface area contributed by atoms with Gasteiger partial charge in [0.2, 0.25) is 0 Å². The molecule has 5 heteroatoms. The molecule has 0 amide bonds. The molecule has 1 saturated carbocycles. The molecule has 144 valence electrons. The van der Waals surface area contributed by atoms with Crippen molar-refractivity contribution in [3.05, 3.63) is 59.9 Å². The smallest absolute Gasteiger partial charge is 0.237 e. The van der Waals surface area contributed by atoms with Crippen molar-refractivity contribution in [3.8, 4) is 0 Å². The first-order valence-electron chi connectivity index (χ1n) is 9.85. The molecule has 0 saturated heterocycles. The standard InChI is InChI=1S/C20H22N2O2S.C2H6/c1-15-14-22(25(23,24)18-10-6-3-7-11-18)20-19(15)12-17(13-21-20)16-8-4-2-5-9-16;1-2/h3,6-7,10-14,16H,2,4-5,8-9H2,1H3;1-2H3. The lowest BCUT2D eigenvalue weighted by Gasteiger charge is -2.21. The topological polar surface area (TPSA) is 52.0 Å². The summed E-state index contributed by atoms with van der Waals surface area (Å²) in [6.07, 6.45) is 9.82. The molecule has 0 aliphatic heterocycles. The van der Waals surface area contributed by atoms with Crippen LogP contribution in [0, 0.1) is 6.92 Å². The van der Waals surface area contributed by atoms with Gasteiger partial charge in [0.25, 0.3) is 10.0 Å². The van der Waals surface area contributed by atoms with E-state index in [1.165, 1.54) is 41.6 Å². The molecule has 1 aliphatic carbocycles. The zero-order valence-corrected chi connectivity index (χ0v) is 17.2. The Bertz CT molecular complexity index is 1000. The molecule has 1 fully saturated rings. The number of rotatable bonds is 3. The lowest BCUT2D eigenvalue weighted by Crippen LogP contribution is -2.12. The fourth-order valence-corrected chi connectivity index (χ4v) is 5.19. The van der Waals surface area contributed by atoms with E-state index in [2.05, 4.69) is 11.1 Å². The van der Waals surface area contributed by atoms with E-state index in [1.807, 2.05) is 33.0 Å². The molecule has 4 rings (SSSR count). The molecular weight excluding hydrogens is 356 g/mol. The van der Waals surface area contributed by atoms with Crippen LogP contribution in [0.1, 0.15) is 63.0 Å². The number of aryl methyl sites for hydroxylation is 1. The quantitative estimate of drug-likeness (QED) is 0.586. The van der Waals surface area contributed by atoms with Crippen molar-refractivity contribution in [2.45, 2.75) is 63.7 Å². The van der Waals surface area contributed by atoms with Gasteiger partial charge in [0.05, 0.1) is 4.90 Å². The van der Waals surface area contributed by atoms with Crippen LogP contribution in [0.5, 0.6) is 0 Å². The van der Waals surface area contributed by atoms with Crippen LogP contribution in [0.3, 0.4) is 0 Å². The van der Waals surface area contributed by atoms with Crippen LogP contribution in [0.2, 0.25) is 0 Å². The summed E-state index contributed by atoms with van der Waals surface area (Å²) >= 11 is 0. The first kappa shape index (κ1) is 19.6. The summed E-state index contributed by atoms with van der Waals surface area (Å²) in [5.74, 6) is 0.555. The summed E-state index contributed by atoms with van der Waals surface area (Å²) in [4.78, 5) is 4.84. The Morgan fingerprint density at radius 2 is 1.70 bits per heavy atom. The van der Waals surface area contributed by atoms with Crippen LogP contribution < -0.4 is 0 Å². The van der Waals surface area contributed by atoms with Crippen LogP contribution in [-0.2, 0) is 10.0 Å². The molecule has 2 aromatic heterocycles. The van der Waals surface area contributed by atoms with Gasteiger partial charge in [-0.3, -0.25) is 0 Å². The van der Waals surface area contributed by atoms with Crippen molar-refractivity contribution >= 4 is 21.1 Å². The molecule has 0 atom stereocenters. The second kappa shape index (κ2) is 8.26. The normalized spacial score (nSPS) is 15.4. The highest BCUT2D eigenvalue weighted by atomic mass is 32.2. The maximum absolute atomic E-state index is 13.0. The Morgan fingerprint density at radius 3 is 2.37 bits per heavy atom. The Morgan fingerprint density at radius 1 is 1.04 bits per heavy atom.